The van der Waals surface area contributed by atoms with Crippen LogP contribution in [0.2, 0.25) is 5.02 Å². The third kappa shape index (κ3) is 5.05. The fourth-order valence-electron chi connectivity index (χ4n) is 2.14. The monoisotopic (exact) mass is 319 g/mol. The van der Waals surface area contributed by atoms with Crippen LogP contribution in [0.3, 0.4) is 0 Å². The Hall–Kier alpha value is -0.620. The van der Waals surface area contributed by atoms with Gasteiger partial charge < -0.3 is 5.11 Å². The molecule has 0 amide bonds. The number of hydrogen-bond donors (Lipinski definition) is 2. The average Bonchev–Trinajstić information content (AvgIpc) is 2.28. The second kappa shape index (κ2) is 6.43. The molecule has 6 heteroatoms. The normalized spacial score (nSPS) is 15.3. The number of halogens is 1. The van der Waals surface area contributed by atoms with E-state index < -0.39 is 15.6 Å². The quantitative estimate of drug-likeness (QED) is 0.847. The van der Waals surface area contributed by atoms with E-state index in [2.05, 4.69) is 4.72 Å². The summed E-state index contributed by atoms with van der Waals surface area (Å²) in [6, 6.07) is 4.71. The molecule has 1 rings (SSSR count). The van der Waals surface area contributed by atoms with Gasteiger partial charge in [0.2, 0.25) is 10.0 Å². The fraction of sp³-hybridized carbons (Fsp3) is 0.571. The summed E-state index contributed by atoms with van der Waals surface area (Å²) >= 11 is 5.84. The minimum Gasteiger partial charge on any atom is -0.389 e. The Bertz CT molecular complexity index is 568. The smallest absolute Gasteiger partial charge is 0.240 e. The predicted octanol–water partition coefficient (Wildman–Crippen LogP) is 2.72. The SMILES string of the molecule is Cc1ccc(Cl)cc1S(=O)(=O)NCC(C)(O)CC(C)C. The molecule has 0 saturated heterocycles. The molecule has 114 valence electrons. The van der Waals surface area contributed by atoms with E-state index in [0.717, 1.165) is 0 Å². The van der Waals surface area contributed by atoms with Crippen molar-refractivity contribution in [2.75, 3.05) is 6.54 Å². The van der Waals surface area contributed by atoms with Crippen LogP contribution in [0.25, 0.3) is 0 Å². The molecule has 2 N–H and O–H groups in total. The molecule has 0 saturated carbocycles. The van der Waals surface area contributed by atoms with Crippen LogP contribution in [-0.4, -0.2) is 25.7 Å². The number of nitrogens with one attached hydrogen (secondary N) is 1. The van der Waals surface area contributed by atoms with Gasteiger partial charge in [-0.15, -0.1) is 0 Å². The van der Waals surface area contributed by atoms with Gasteiger partial charge in [0.25, 0.3) is 0 Å². The van der Waals surface area contributed by atoms with Crippen molar-refractivity contribution in [2.24, 2.45) is 5.92 Å². The van der Waals surface area contributed by atoms with Gasteiger partial charge in [0.1, 0.15) is 0 Å². The van der Waals surface area contributed by atoms with E-state index in [9.17, 15) is 13.5 Å². The topological polar surface area (TPSA) is 66.4 Å². The van der Waals surface area contributed by atoms with Gasteiger partial charge in [-0.25, -0.2) is 13.1 Å². The van der Waals surface area contributed by atoms with Crippen molar-refractivity contribution in [3.05, 3.63) is 28.8 Å². The summed E-state index contributed by atoms with van der Waals surface area (Å²) in [5.41, 5.74) is -0.460. The van der Waals surface area contributed by atoms with Crippen LogP contribution in [-0.2, 0) is 10.0 Å². The summed E-state index contributed by atoms with van der Waals surface area (Å²) in [4.78, 5) is 0.144. The van der Waals surface area contributed by atoms with E-state index in [4.69, 9.17) is 11.6 Å². The zero-order valence-corrected chi connectivity index (χ0v) is 13.8. The molecule has 0 aliphatic heterocycles. The first-order valence-electron chi connectivity index (χ1n) is 6.52. The number of sulfonamides is 1. The average molecular weight is 320 g/mol. The Morgan fingerprint density at radius 2 is 2.00 bits per heavy atom. The molecule has 4 nitrogen and oxygen atoms in total. The lowest BCUT2D eigenvalue weighted by molar-refractivity contribution is 0.0436. The van der Waals surface area contributed by atoms with Crippen molar-refractivity contribution >= 4 is 21.6 Å². The van der Waals surface area contributed by atoms with Gasteiger partial charge in [-0.1, -0.05) is 31.5 Å². The summed E-state index contributed by atoms with van der Waals surface area (Å²) in [7, 11) is -3.68. The van der Waals surface area contributed by atoms with Crippen LogP contribution in [0.4, 0.5) is 0 Å². The van der Waals surface area contributed by atoms with Crippen molar-refractivity contribution in [2.45, 2.75) is 44.6 Å². The molecule has 1 atom stereocenters. The Labute approximate surface area is 126 Å². The Balaban J connectivity index is 2.88. The molecule has 1 unspecified atom stereocenters. The second-order valence-corrected chi connectivity index (χ2v) is 8.00. The molecule has 0 spiro atoms. The van der Waals surface area contributed by atoms with E-state index in [1.54, 1.807) is 26.0 Å². The van der Waals surface area contributed by atoms with Gasteiger partial charge in [-0.2, -0.15) is 0 Å². The van der Waals surface area contributed by atoms with Crippen LogP contribution >= 0.6 is 11.6 Å². The Morgan fingerprint density at radius 1 is 1.40 bits per heavy atom. The van der Waals surface area contributed by atoms with Gasteiger partial charge in [-0.05, 0) is 43.9 Å². The molecule has 0 aromatic heterocycles. The number of aliphatic hydroxyl groups is 1. The zero-order valence-electron chi connectivity index (χ0n) is 12.3. The molecule has 0 fully saturated rings. The van der Waals surface area contributed by atoms with Crippen LogP contribution in [0, 0.1) is 12.8 Å². The number of benzene rings is 1. The summed E-state index contributed by atoms with van der Waals surface area (Å²) in [6.07, 6.45) is 0.518. The molecule has 20 heavy (non-hydrogen) atoms. The molecule has 0 aliphatic rings. The van der Waals surface area contributed by atoms with Crippen molar-refractivity contribution in [3.63, 3.8) is 0 Å². The minimum atomic E-state index is -3.68. The zero-order chi connectivity index (χ0) is 15.6. The van der Waals surface area contributed by atoms with Gasteiger partial charge in [-0.3, -0.25) is 0 Å². The predicted molar refractivity (Wildman–Crippen MR) is 81.5 cm³/mol. The van der Waals surface area contributed by atoms with E-state index >= 15 is 0 Å². The molecule has 0 aliphatic carbocycles. The van der Waals surface area contributed by atoms with Crippen molar-refractivity contribution in [3.8, 4) is 0 Å². The van der Waals surface area contributed by atoms with Gasteiger partial charge >= 0.3 is 0 Å². The maximum Gasteiger partial charge on any atom is 0.240 e. The van der Waals surface area contributed by atoms with Gasteiger partial charge in [0.05, 0.1) is 10.5 Å². The van der Waals surface area contributed by atoms with Crippen LogP contribution < -0.4 is 4.72 Å². The Morgan fingerprint density at radius 3 is 2.55 bits per heavy atom. The molecule has 0 bridgehead atoms. The lowest BCUT2D eigenvalue weighted by Gasteiger charge is -2.25. The molecular formula is C14H22ClNO3S. The van der Waals surface area contributed by atoms with Crippen LogP contribution in [0.5, 0.6) is 0 Å². The van der Waals surface area contributed by atoms with E-state index in [0.29, 0.717) is 17.0 Å². The first-order valence-corrected chi connectivity index (χ1v) is 8.38. The first-order chi connectivity index (χ1) is 9.03. The van der Waals surface area contributed by atoms with Crippen molar-refractivity contribution in [1.29, 1.82) is 0 Å². The van der Waals surface area contributed by atoms with Crippen LogP contribution in [0.1, 0.15) is 32.8 Å². The number of aryl methyl sites for hydroxylation is 1. The highest BCUT2D eigenvalue weighted by atomic mass is 35.5. The standard InChI is InChI=1S/C14H22ClNO3S/c1-10(2)8-14(4,17)9-16-20(18,19)13-7-12(15)6-5-11(13)3/h5-7,10,16-17H,8-9H2,1-4H3. The maximum absolute atomic E-state index is 12.3. The highest BCUT2D eigenvalue weighted by molar-refractivity contribution is 7.89. The second-order valence-electron chi connectivity index (χ2n) is 5.83. The third-order valence-corrected chi connectivity index (χ3v) is 4.71. The summed E-state index contributed by atoms with van der Waals surface area (Å²) in [5, 5.41) is 10.5. The highest BCUT2D eigenvalue weighted by Gasteiger charge is 2.26. The van der Waals surface area contributed by atoms with Gasteiger partial charge in [0.15, 0.2) is 0 Å². The molecule has 0 heterocycles. The first kappa shape index (κ1) is 17.4. The largest absolute Gasteiger partial charge is 0.389 e. The lowest BCUT2D eigenvalue weighted by Crippen LogP contribution is -2.41. The molecule has 1 aromatic rings. The van der Waals surface area contributed by atoms with E-state index in [-0.39, 0.29) is 17.4 Å². The lowest BCUT2D eigenvalue weighted by atomic mass is 9.95. The fourth-order valence-corrected chi connectivity index (χ4v) is 3.81. The number of rotatable bonds is 6. The molecule has 0 radical (unpaired) electrons. The molecule has 1 aromatic carbocycles. The Kier molecular flexibility index (Phi) is 5.61. The highest BCUT2D eigenvalue weighted by Crippen LogP contribution is 2.21. The summed E-state index contributed by atoms with van der Waals surface area (Å²) < 4.78 is 27.0. The van der Waals surface area contributed by atoms with Crippen molar-refractivity contribution in [1.82, 2.24) is 4.72 Å². The molecular weight excluding hydrogens is 298 g/mol. The van der Waals surface area contributed by atoms with Crippen molar-refractivity contribution < 1.29 is 13.5 Å². The minimum absolute atomic E-state index is 0.0283. The maximum atomic E-state index is 12.3. The van der Waals surface area contributed by atoms with Crippen LogP contribution in [0.15, 0.2) is 23.1 Å². The summed E-state index contributed by atoms with van der Waals surface area (Å²) in [5.74, 6) is 0.280. The summed E-state index contributed by atoms with van der Waals surface area (Å²) in [6.45, 7) is 7.26. The van der Waals surface area contributed by atoms with E-state index in [1.165, 1.54) is 6.07 Å². The van der Waals surface area contributed by atoms with Gasteiger partial charge in [0, 0.05) is 11.6 Å². The third-order valence-electron chi connectivity index (χ3n) is 2.93. The van der Waals surface area contributed by atoms with E-state index in [1.807, 2.05) is 13.8 Å². The number of hydrogen-bond acceptors (Lipinski definition) is 3.